The molecule has 0 aliphatic heterocycles. The smallest absolute Gasteiger partial charge is 0.0659 e. The number of nitrogens with two attached hydrogens (primary N) is 1. The van der Waals surface area contributed by atoms with Crippen LogP contribution in [0, 0.1) is 5.92 Å². The van der Waals surface area contributed by atoms with Crippen molar-refractivity contribution in [3.63, 3.8) is 0 Å². The lowest BCUT2D eigenvalue weighted by atomic mass is 9.83. The second kappa shape index (κ2) is 5.55. The van der Waals surface area contributed by atoms with Gasteiger partial charge in [-0.25, -0.2) is 0 Å². The Bertz CT molecular complexity index is 108. The topological polar surface area (TPSA) is 46.2 Å². The molecule has 74 valence electrons. The summed E-state index contributed by atoms with van der Waals surface area (Å²) in [6.45, 7) is 6.72. The molecule has 0 aromatic carbocycles. The number of unbranched alkanes of at least 4 members (excludes halogenated alkanes) is 1. The first-order valence-corrected chi connectivity index (χ1v) is 5.00. The summed E-state index contributed by atoms with van der Waals surface area (Å²) < 4.78 is 0. The predicted molar refractivity (Wildman–Crippen MR) is 53.0 cm³/mol. The molecule has 0 aliphatic rings. The lowest BCUT2D eigenvalue weighted by Crippen LogP contribution is -2.38. The lowest BCUT2D eigenvalue weighted by Gasteiger charge is -2.31. The zero-order chi connectivity index (χ0) is 9.61. The van der Waals surface area contributed by atoms with E-state index in [2.05, 4.69) is 13.8 Å². The Morgan fingerprint density at radius 3 is 2.33 bits per heavy atom. The number of hydrogen-bond donors (Lipinski definition) is 2. The van der Waals surface area contributed by atoms with Gasteiger partial charge in [0.05, 0.1) is 5.60 Å². The van der Waals surface area contributed by atoms with Crippen molar-refractivity contribution >= 4 is 0 Å². The van der Waals surface area contributed by atoms with E-state index in [4.69, 9.17) is 5.73 Å². The molecule has 0 rings (SSSR count). The molecule has 2 nitrogen and oxygen atoms in total. The SMILES string of the molecule is CCCCC(C)(O)C(CC)CN. The molecular weight excluding hydrogens is 150 g/mol. The monoisotopic (exact) mass is 173 g/mol. The van der Waals surface area contributed by atoms with Crippen LogP contribution in [-0.4, -0.2) is 17.3 Å². The molecule has 0 radical (unpaired) electrons. The van der Waals surface area contributed by atoms with Crippen LogP contribution < -0.4 is 5.73 Å². The van der Waals surface area contributed by atoms with E-state index < -0.39 is 5.60 Å². The summed E-state index contributed by atoms with van der Waals surface area (Å²) in [6, 6.07) is 0. The van der Waals surface area contributed by atoms with Gasteiger partial charge in [-0.15, -0.1) is 0 Å². The van der Waals surface area contributed by atoms with Crippen molar-refractivity contribution in [1.82, 2.24) is 0 Å². The Kier molecular flexibility index (Phi) is 5.51. The maximum Gasteiger partial charge on any atom is 0.0659 e. The van der Waals surface area contributed by atoms with Crippen molar-refractivity contribution in [2.45, 2.75) is 52.1 Å². The Hall–Kier alpha value is -0.0800. The van der Waals surface area contributed by atoms with Gasteiger partial charge in [-0.1, -0.05) is 26.7 Å². The third kappa shape index (κ3) is 3.55. The van der Waals surface area contributed by atoms with E-state index >= 15 is 0 Å². The molecule has 2 atom stereocenters. The average Bonchev–Trinajstić information content (AvgIpc) is 2.03. The standard InChI is InChI=1S/C10H23NO/c1-4-6-7-10(3,12)9(5-2)8-11/h9,12H,4-8,11H2,1-3H3. The summed E-state index contributed by atoms with van der Waals surface area (Å²) in [7, 11) is 0. The third-order valence-corrected chi connectivity index (χ3v) is 2.69. The molecule has 3 N–H and O–H groups in total. The van der Waals surface area contributed by atoms with Gasteiger partial charge < -0.3 is 10.8 Å². The van der Waals surface area contributed by atoms with Gasteiger partial charge in [-0.2, -0.15) is 0 Å². The van der Waals surface area contributed by atoms with Crippen LogP contribution in [0.1, 0.15) is 46.5 Å². The van der Waals surface area contributed by atoms with Crippen molar-refractivity contribution in [2.75, 3.05) is 6.54 Å². The zero-order valence-corrected chi connectivity index (χ0v) is 8.64. The quantitative estimate of drug-likeness (QED) is 0.644. The van der Waals surface area contributed by atoms with Gasteiger partial charge in [0.1, 0.15) is 0 Å². The van der Waals surface area contributed by atoms with Gasteiger partial charge in [-0.3, -0.25) is 0 Å². The zero-order valence-electron chi connectivity index (χ0n) is 8.64. The molecule has 0 heterocycles. The Morgan fingerprint density at radius 1 is 1.42 bits per heavy atom. The van der Waals surface area contributed by atoms with Crippen LogP contribution in [0.15, 0.2) is 0 Å². The number of aliphatic hydroxyl groups is 1. The van der Waals surface area contributed by atoms with Crippen molar-refractivity contribution < 1.29 is 5.11 Å². The van der Waals surface area contributed by atoms with Gasteiger partial charge in [0, 0.05) is 0 Å². The molecule has 0 saturated carbocycles. The third-order valence-electron chi connectivity index (χ3n) is 2.69. The summed E-state index contributed by atoms with van der Waals surface area (Å²) in [5, 5.41) is 10.0. The van der Waals surface area contributed by atoms with Gasteiger partial charge in [0.15, 0.2) is 0 Å². The first-order chi connectivity index (χ1) is 5.58. The second-order valence-electron chi connectivity index (χ2n) is 3.80. The Morgan fingerprint density at radius 2 is 2.00 bits per heavy atom. The van der Waals surface area contributed by atoms with Crippen LogP contribution in [0.25, 0.3) is 0 Å². The highest BCUT2D eigenvalue weighted by atomic mass is 16.3. The van der Waals surface area contributed by atoms with E-state index in [1.807, 2.05) is 6.92 Å². The highest BCUT2D eigenvalue weighted by molar-refractivity contribution is 4.81. The minimum Gasteiger partial charge on any atom is -0.390 e. The molecule has 12 heavy (non-hydrogen) atoms. The molecule has 0 bridgehead atoms. The van der Waals surface area contributed by atoms with Crippen molar-refractivity contribution in [2.24, 2.45) is 11.7 Å². The Labute approximate surface area is 76.2 Å². The van der Waals surface area contributed by atoms with Crippen LogP contribution in [-0.2, 0) is 0 Å². The highest BCUT2D eigenvalue weighted by Gasteiger charge is 2.28. The summed E-state index contributed by atoms with van der Waals surface area (Å²) >= 11 is 0. The van der Waals surface area contributed by atoms with E-state index in [0.29, 0.717) is 6.54 Å². The summed E-state index contributed by atoms with van der Waals surface area (Å²) in [6.07, 6.45) is 4.06. The van der Waals surface area contributed by atoms with Crippen LogP contribution in [0.4, 0.5) is 0 Å². The van der Waals surface area contributed by atoms with Crippen LogP contribution >= 0.6 is 0 Å². The average molecular weight is 173 g/mol. The van der Waals surface area contributed by atoms with Gasteiger partial charge in [0.2, 0.25) is 0 Å². The molecule has 2 unspecified atom stereocenters. The summed E-state index contributed by atoms with van der Waals surface area (Å²) in [4.78, 5) is 0. The van der Waals surface area contributed by atoms with Crippen molar-refractivity contribution in [3.8, 4) is 0 Å². The number of hydrogen-bond acceptors (Lipinski definition) is 2. The molecule has 0 aromatic heterocycles. The predicted octanol–water partition coefficient (Wildman–Crippen LogP) is 1.91. The fourth-order valence-electron chi connectivity index (χ4n) is 1.60. The molecule has 0 fully saturated rings. The molecule has 0 amide bonds. The van der Waals surface area contributed by atoms with Crippen molar-refractivity contribution in [1.29, 1.82) is 0 Å². The van der Waals surface area contributed by atoms with E-state index in [0.717, 1.165) is 25.7 Å². The second-order valence-corrected chi connectivity index (χ2v) is 3.80. The lowest BCUT2D eigenvalue weighted by molar-refractivity contribution is -0.00871. The fraction of sp³-hybridized carbons (Fsp3) is 1.00. The molecule has 0 aromatic rings. The van der Waals surface area contributed by atoms with Gasteiger partial charge >= 0.3 is 0 Å². The van der Waals surface area contributed by atoms with E-state index in [1.54, 1.807) is 0 Å². The summed E-state index contributed by atoms with van der Waals surface area (Å²) in [5.74, 6) is 0.254. The van der Waals surface area contributed by atoms with E-state index in [1.165, 1.54) is 0 Å². The van der Waals surface area contributed by atoms with E-state index in [9.17, 15) is 5.11 Å². The largest absolute Gasteiger partial charge is 0.390 e. The minimum absolute atomic E-state index is 0.254. The normalized spacial score (nSPS) is 18.8. The number of rotatable bonds is 6. The molecule has 0 spiro atoms. The van der Waals surface area contributed by atoms with Gasteiger partial charge in [0.25, 0.3) is 0 Å². The molecule has 2 heteroatoms. The van der Waals surface area contributed by atoms with Gasteiger partial charge in [-0.05, 0) is 32.2 Å². The van der Waals surface area contributed by atoms with Crippen LogP contribution in [0.2, 0.25) is 0 Å². The summed E-state index contributed by atoms with van der Waals surface area (Å²) in [5.41, 5.74) is 5.03. The Balaban J connectivity index is 3.96. The maximum atomic E-state index is 10.0. The van der Waals surface area contributed by atoms with E-state index in [-0.39, 0.29) is 5.92 Å². The molecule has 0 saturated heterocycles. The molecular formula is C10H23NO. The first-order valence-electron chi connectivity index (χ1n) is 5.00. The highest BCUT2D eigenvalue weighted by Crippen LogP contribution is 2.25. The van der Waals surface area contributed by atoms with Crippen molar-refractivity contribution in [3.05, 3.63) is 0 Å². The molecule has 0 aliphatic carbocycles. The van der Waals surface area contributed by atoms with Crippen LogP contribution in [0.5, 0.6) is 0 Å². The maximum absolute atomic E-state index is 10.0. The first kappa shape index (κ1) is 11.9. The van der Waals surface area contributed by atoms with Crippen LogP contribution in [0.3, 0.4) is 0 Å². The minimum atomic E-state index is -0.556. The fourth-order valence-corrected chi connectivity index (χ4v) is 1.60.